The number of amides is 1. The molecule has 0 aliphatic carbocycles. The lowest BCUT2D eigenvalue weighted by Gasteiger charge is -2.27. The van der Waals surface area contributed by atoms with E-state index in [4.69, 9.17) is 5.11 Å². The number of aliphatic hydroxyl groups is 1. The van der Waals surface area contributed by atoms with Crippen molar-refractivity contribution in [1.82, 2.24) is 15.3 Å². The Kier molecular flexibility index (Phi) is 5.44. The van der Waals surface area contributed by atoms with Crippen molar-refractivity contribution in [3.63, 3.8) is 0 Å². The van der Waals surface area contributed by atoms with Crippen LogP contribution in [0.3, 0.4) is 0 Å². The summed E-state index contributed by atoms with van der Waals surface area (Å²) in [5.74, 6) is -2.32. The van der Waals surface area contributed by atoms with Crippen molar-refractivity contribution in [3.8, 4) is 0 Å². The minimum atomic E-state index is -5.09. The number of carbonyl (C=O) groups excluding carboxylic acids is 1. The molecule has 3 N–H and O–H groups in total. The van der Waals surface area contributed by atoms with E-state index in [-0.39, 0.29) is 17.2 Å². The summed E-state index contributed by atoms with van der Waals surface area (Å²) in [5, 5.41) is 23.2. The number of aryl methyl sites for hydroxylation is 1. The molecule has 0 radical (unpaired) electrons. The number of hydrogen-bond donors (Lipinski definition) is 3. The summed E-state index contributed by atoms with van der Waals surface area (Å²) >= 11 is 1.55. The zero-order chi connectivity index (χ0) is 18.8. The van der Waals surface area contributed by atoms with Gasteiger partial charge in [-0.15, -0.1) is 22.7 Å². The Labute approximate surface area is 147 Å². The number of carbonyl (C=O) groups is 2. The van der Waals surface area contributed by atoms with Crippen molar-refractivity contribution in [1.29, 1.82) is 0 Å². The first kappa shape index (κ1) is 19.3. The van der Waals surface area contributed by atoms with E-state index in [0.717, 1.165) is 11.3 Å². The molecular formula is C13H12F3N3O4S2. The highest BCUT2D eigenvalue weighted by molar-refractivity contribution is 7.10. The van der Waals surface area contributed by atoms with Gasteiger partial charge in [-0.25, -0.2) is 14.8 Å². The SMILES string of the molecule is Cc1csc(C(O)(CC(=O)NCc2nc(C(=O)O)cs2)C(F)(F)F)n1. The van der Waals surface area contributed by atoms with E-state index in [0.29, 0.717) is 17.0 Å². The summed E-state index contributed by atoms with van der Waals surface area (Å²) in [7, 11) is 0. The number of carboxylic acid groups (broad SMARTS) is 1. The maximum absolute atomic E-state index is 13.3. The number of halogens is 3. The zero-order valence-electron chi connectivity index (χ0n) is 12.6. The average Bonchev–Trinajstić information content (AvgIpc) is 3.12. The molecule has 2 heterocycles. The second-order valence-corrected chi connectivity index (χ2v) is 6.84. The first-order valence-corrected chi connectivity index (χ1v) is 8.45. The highest BCUT2D eigenvalue weighted by atomic mass is 32.1. The van der Waals surface area contributed by atoms with E-state index in [2.05, 4.69) is 15.3 Å². The largest absolute Gasteiger partial charge is 0.476 e. The Balaban J connectivity index is 2.08. The van der Waals surface area contributed by atoms with Crippen LogP contribution < -0.4 is 5.32 Å². The van der Waals surface area contributed by atoms with Gasteiger partial charge >= 0.3 is 12.1 Å². The molecule has 0 aromatic carbocycles. The van der Waals surface area contributed by atoms with Gasteiger partial charge in [0.15, 0.2) is 5.69 Å². The van der Waals surface area contributed by atoms with Gasteiger partial charge in [-0.05, 0) is 6.92 Å². The van der Waals surface area contributed by atoms with Crippen LogP contribution in [0.4, 0.5) is 13.2 Å². The number of thiazole rings is 2. The first-order chi connectivity index (χ1) is 11.5. The van der Waals surface area contributed by atoms with Gasteiger partial charge in [0, 0.05) is 16.5 Å². The second-order valence-electron chi connectivity index (χ2n) is 5.04. The van der Waals surface area contributed by atoms with E-state index in [1.165, 1.54) is 17.7 Å². The van der Waals surface area contributed by atoms with Gasteiger partial charge in [0.25, 0.3) is 0 Å². The van der Waals surface area contributed by atoms with Crippen LogP contribution in [0.1, 0.15) is 32.6 Å². The van der Waals surface area contributed by atoms with Crippen LogP contribution in [-0.4, -0.2) is 38.2 Å². The van der Waals surface area contributed by atoms with Crippen molar-refractivity contribution in [2.24, 2.45) is 0 Å². The molecule has 136 valence electrons. The quantitative estimate of drug-likeness (QED) is 0.690. The second kappa shape index (κ2) is 7.06. The van der Waals surface area contributed by atoms with E-state index in [1.807, 2.05) is 0 Å². The van der Waals surface area contributed by atoms with Crippen molar-refractivity contribution in [2.45, 2.75) is 31.7 Å². The summed E-state index contributed by atoms with van der Waals surface area (Å²) < 4.78 is 39.8. The van der Waals surface area contributed by atoms with Crippen molar-refractivity contribution in [3.05, 3.63) is 32.2 Å². The number of alkyl halides is 3. The third-order valence-electron chi connectivity index (χ3n) is 3.07. The number of aromatic carboxylic acids is 1. The molecule has 1 amide bonds. The van der Waals surface area contributed by atoms with Crippen LogP contribution in [0.5, 0.6) is 0 Å². The van der Waals surface area contributed by atoms with Crippen LogP contribution in [0.15, 0.2) is 10.8 Å². The molecule has 0 spiro atoms. The van der Waals surface area contributed by atoms with Gasteiger partial charge < -0.3 is 15.5 Å². The molecule has 0 saturated carbocycles. The fraction of sp³-hybridized carbons (Fsp3) is 0.385. The summed E-state index contributed by atoms with van der Waals surface area (Å²) in [6.07, 6.45) is -6.35. The number of aromatic nitrogens is 2. The van der Waals surface area contributed by atoms with Crippen LogP contribution in [0.25, 0.3) is 0 Å². The standard InChI is InChI=1S/C13H12F3N3O4S2/c1-6-4-25-11(18-6)12(23,13(14,15)16)2-8(20)17-3-9-19-7(5-24-9)10(21)22/h4-5,23H,2-3H2,1H3,(H,17,20)(H,21,22). The average molecular weight is 395 g/mol. The smallest absolute Gasteiger partial charge is 0.424 e. The lowest BCUT2D eigenvalue weighted by molar-refractivity contribution is -0.267. The maximum atomic E-state index is 13.3. The summed E-state index contributed by atoms with van der Waals surface area (Å²) in [6, 6.07) is 0. The molecule has 0 aliphatic heterocycles. The lowest BCUT2D eigenvalue weighted by atomic mass is 9.99. The minimum Gasteiger partial charge on any atom is -0.476 e. The van der Waals surface area contributed by atoms with Gasteiger partial charge in [0.2, 0.25) is 11.5 Å². The molecule has 0 aliphatic rings. The van der Waals surface area contributed by atoms with Crippen molar-refractivity contribution in [2.75, 3.05) is 0 Å². The molecular weight excluding hydrogens is 383 g/mol. The predicted molar refractivity (Wildman–Crippen MR) is 82.3 cm³/mol. The lowest BCUT2D eigenvalue weighted by Crippen LogP contribution is -2.46. The highest BCUT2D eigenvalue weighted by Crippen LogP contribution is 2.42. The zero-order valence-corrected chi connectivity index (χ0v) is 14.3. The molecule has 2 aromatic heterocycles. The van der Waals surface area contributed by atoms with Crippen LogP contribution in [0, 0.1) is 6.92 Å². The number of hydrogen-bond acceptors (Lipinski definition) is 7. The first-order valence-electron chi connectivity index (χ1n) is 6.69. The summed E-state index contributed by atoms with van der Waals surface area (Å²) in [5.41, 5.74) is -3.32. The van der Waals surface area contributed by atoms with Gasteiger partial charge in [-0.1, -0.05) is 0 Å². The molecule has 1 atom stereocenters. The Hall–Kier alpha value is -2.05. The molecule has 12 heteroatoms. The van der Waals surface area contributed by atoms with Gasteiger partial charge in [0.1, 0.15) is 10.0 Å². The Morgan fingerprint density at radius 2 is 1.92 bits per heavy atom. The molecule has 0 saturated heterocycles. The van der Waals surface area contributed by atoms with Crippen LogP contribution in [-0.2, 0) is 16.9 Å². The topological polar surface area (TPSA) is 112 Å². The van der Waals surface area contributed by atoms with Gasteiger partial charge in [-0.3, -0.25) is 4.79 Å². The molecule has 1 unspecified atom stereocenters. The number of carboxylic acids is 1. The maximum Gasteiger partial charge on any atom is 0.424 e. The monoisotopic (exact) mass is 395 g/mol. The Morgan fingerprint density at radius 1 is 1.24 bits per heavy atom. The Bertz CT molecular complexity index is 790. The van der Waals surface area contributed by atoms with Crippen molar-refractivity contribution >= 4 is 34.6 Å². The normalized spacial score (nSPS) is 14.1. The van der Waals surface area contributed by atoms with Gasteiger partial charge in [0.05, 0.1) is 13.0 Å². The van der Waals surface area contributed by atoms with Gasteiger partial charge in [-0.2, -0.15) is 13.2 Å². The van der Waals surface area contributed by atoms with E-state index >= 15 is 0 Å². The molecule has 0 fully saturated rings. The fourth-order valence-corrected chi connectivity index (χ4v) is 3.42. The molecule has 7 nitrogen and oxygen atoms in total. The molecule has 0 bridgehead atoms. The van der Waals surface area contributed by atoms with E-state index in [1.54, 1.807) is 0 Å². The van der Waals surface area contributed by atoms with Crippen molar-refractivity contribution < 1.29 is 33.0 Å². The summed E-state index contributed by atoms with van der Waals surface area (Å²) in [6.45, 7) is 1.22. The summed E-state index contributed by atoms with van der Waals surface area (Å²) in [4.78, 5) is 29.9. The molecule has 2 aromatic rings. The Morgan fingerprint density at radius 3 is 2.40 bits per heavy atom. The third kappa shape index (κ3) is 4.32. The van der Waals surface area contributed by atoms with Crippen LogP contribution >= 0.6 is 22.7 Å². The minimum absolute atomic E-state index is 0.214. The number of rotatable bonds is 6. The fourth-order valence-electron chi connectivity index (χ4n) is 1.80. The van der Waals surface area contributed by atoms with E-state index in [9.17, 15) is 27.9 Å². The predicted octanol–water partition coefficient (Wildman–Crippen LogP) is 2.06. The molecule has 2 rings (SSSR count). The highest BCUT2D eigenvalue weighted by Gasteiger charge is 2.58. The number of nitrogens with zero attached hydrogens (tertiary/aromatic N) is 2. The number of nitrogens with one attached hydrogen (secondary N) is 1. The third-order valence-corrected chi connectivity index (χ3v) is 5.03. The molecule has 25 heavy (non-hydrogen) atoms. The van der Waals surface area contributed by atoms with Crippen LogP contribution in [0.2, 0.25) is 0 Å². The van der Waals surface area contributed by atoms with E-state index < -0.39 is 35.1 Å².